The van der Waals surface area contributed by atoms with Gasteiger partial charge in [-0.1, -0.05) is 49.5 Å². The zero-order chi connectivity index (χ0) is 14.0. The van der Waals surface area contributed by atoms with Crippen LogP contribution in [0.5, 0.6) is 0 Å². The van der Waals surface area contributed by atoms with Crippen molar-refractivity contribution in [3.63, 3.8) is 0 Å². The Bertz CT molecular complexity index is 604. The first kappa shape index (κ1) is 15.0. The Morgan fingerprint density at radius 3 is 2.47 bits per heavy atom. The van der Waals surface area contributed by atoms with E-state index in [4.69, 9.17) is 11.6 Å². The van der Waals surface area contributed by atoms with E-state index in [0.29, 0.717) is 10.6 Å². The molecule has 0 radical (unpaired) electrons. The maximum atomic E-state index is 14.0. The van der Waals surface area contributed by atoms with Crippen molar-refractivity contribution in [1.29, 1.82) is 0 Å². The van der Waals surface area contributed by atoms with Gasteiger partial charge in [0.05, 0.1) is 6.04 Å². The molecule has 0 heterocycles. The van der Waals surface area contributed by atoms with Gasteiger partial charge in [-0.05, 0) is 42.9 Å². The second-order valence-electron chi connectivity index (χ2n) is 4.05. The van der Waals surface area contributed by atoms with Crippen LogP contribution in [-0.2, 0) is 0 Å². The highest BCUT2D eigenvalue weighted by Gasteiger charge is 2.19. The molecule has 1 N–H and O–H groups in total. The first-order valence-corrected chi connectivity index (χ1v) is 7.56. The van der Waals surface area contributed by atoms with Crippen molar-refractivity contribution in [3.05, 3.63) is 67.3 Å². The minimum absolute atomic E-state index is 0.246. The Kier molecular flexibility index (Phi) is 5.01. The van der Waals surface area contributed by atoms with Crippen LogP contribution in [0.2, 0.25) is 5.02 Å². The van der Waals surface area contributed by atoms with Crippen molar-refractivity contribution >= 4 is 43.5 Å². The number of nitrogens with one attached hydrogen (secondary N) is 1. The van der Waals surface area contributed by atoms with Crippen molar-refractivity contribution in [2.45, 2.75) is 6.04 Å². The molecule has 0 amide bonds. The van der Waals surface area contributed by atoms with Gasteiger partial charge in [-0.3, -0.25) is 0 Å². The molecule has 5 heteroatoms. The second-order valence-corrected chi connectivity index (χ2v) is 6.26. The van der Waals surface area contributed by atoms with Crippen LogP contribution in [-0.4, -0.2) is 7.05 Å². The summed E-state index contributed by atoms with van der Waals surface area (Å²) >= 11 is 12.8. The number of hydrogen-bond donors (Lipinski definition) is 1. The van der Waals surface area contributed by atoms with E-state index in [0.717, 1.165) is 14.5 Å². The fraction of sp³-hybridized carbons (Fsp3) is 0.143. The topological polar surface area (TPSA) is 12.0 Å². The number of rotatable bonds is 3. The highest BCUT2D eigenvalue weighted by Crippen LogP contribution is 2.32. The van der Waals surface area contributed by atoms with Crippen LogP contribution >= 0.6 is 43.5 Å². The van der Waals surface area contributed by atoms with Gasteiger partial charge in [0, 0.05) is 19.5 Å². The van der Waals surface area contributed by atoms with Crippen LogP contribution in [0.15, 0.2) is 45.3 Å². The highest BCUT2D eigenvalue weighted by molar-refractivity contribution is 9.10. The Balaban J connectivity index is 2.52. The van der Waals surface area contributed by atoms with E-state index in [1.165, 1.54) is 6.07 Å². The summed E-state index contributed by atoms with van der Waals surface area (Å²) in [5, 5.41) is 3.77. The third-order valence-corrected chi connectivity index (χ3v) is 4.25. The van der Waals surface area contributed by atoms with Crippen molar-refractivity contribution < 1.29 is 4.39 Å². The summed E-state index contributed by atoms with van der Waals surface area (Å²) in [6, 6.07) is 10.1. The molecule has 0 spiro atoms. The molecule has 2 aromatic rings. The van der Waals surface area contributed by atoms with Gasteiger partial charge in [0.25, 0.3) is 0 Å². The van der Waals surface area contributed by atoms with E-state index in [1.807, 2.05) is 6.07 Å². The van der Waals surface area contributed by atoms with Gasteiger partial charge in [0.2, 0.25) is 0 Å². The van der Waals surface area contributed by atoms with E-state index in [9.17, 15) is 4.39 Å². The third-order valence-electron chi connectivity index (χ3n) is 2.83. The first-order valence-electron chi connectivity index (χ1n) is 5.60. The molecule has 0 saturated heterocycles. The van der Waals surface area contributed by atoms with Crippen molar-refractivity contribution in [2.75, 3.05) is 7.05 Å². The lowest BCUT2D eigenvalue weighted by Gasteiger charge is -2.19. The molecule has 0 aliphatic rings. The fourth-order valence-electron chi connectivity index (χ4n) is 1.95. The molecule has 0 bridgehead atoms. The molecule has 2 aromatic carbocycles. The molecule has 0 aromatic heterocycles. The molecule has 19 heavy (non-hydrogen) atoms. The van der Waals surface area contributed by atoms with E-state index in [-0.39, 0.29) is 11.9 Å². The zero-order valence-corrected chi connectivity index (χ0v) is 14.0. The zero-order valence-electron chi connectivity index (χ0n) is 10.1. The quantitative estimate of drug-likeness (QED) is 0.727. The Morgan fingerprint density at radius 2 is 1.84 bits per heavy atom. The predicted octanol–water partition coefficient (Wildman–Crippen LogP) is 5.31. The van der Waals surface area contributed by atoms with E-state index < -0.39 is 0 Å². The SMILES string of the molecule is CNC(c1cc(Br)ccc1F)c1ccc(Cl)cc1Br. The average molecular weight is 408 g/mol. The number of hydrogen-bond acceptors (Lipinski definition) is 1. The van der Waals surface area contributed by atoms with Gasteiger partial charge < -0.3 is 5.32 Å². The molecule has 1 unspecified atom stereocenters. The number of halogens is 4. The normalized spacial score (nSPS) is 12.5. The van der Waals surface area contributed by atoms with Crippen molar-refractivity contribution in [3.8, 4) is 0 Å². The largest absolute Gasteiger partial charge is 0.309 e. The van der Waals surface area contributed by atoms with Gasteiger partial charge in [0.15, 0.2) is 0 Å². The summed E-state index contributed by atoms with van der Waals surface area (Å²) in [4.78, 5) is 0. The summed E-state index contributed by atoms with van der Waals surface area (Å²) in [5.74, 6) is -0.246. The molecule has 0 fully saturated rings. The molecular formula is C14H11Br2ClFN. The molecular weight excluding hydrogens is 396 g/mol. The van der Waals surface area contributed by atoms with Gasteiger partial charge in [-0.15, -0.1) is 0 Å². The molecule has 1 atom stereocenters. The predicted molar refractivity (Wildman–Crippen MR) is 84.2 cm³/mol. The van der Waals surface area contributed by atoms with Crippen LogP contribution in [0.4, 0.5) is 4.39 Å². The van der Waals surface area contributed by atoms with E-state index >= 15 is 0 Å². The molecule has 0 aliphatic carbocycles. The van der Waals surface area contributed by atoms with Crippen LogP contribution < -0.4 is 5.32 Å². The Labute approximate surface area is 133 Å². The van der Waals surface area contributed by atoms with Gasteiger partial charge in [-0.2, -0.15) is 0 Å². The summed E-state index contributed by atoms with van der Waals surface area (Å²) < 4.78 is 15.7. The maximum absolute atomic E-state index is 14.0. The third kappa shape index (κ3) is 3.37. The molecule has 2 rings (SSSR count). The lowest BCUT2D eigenvalue weighted by atomic mass is 9.98. The lowest BCUT2D eigenvalue weighted by molar-refractivity contribution is 0.575. The van der Waals surface area contributed by atoms with Crippen LogP contribution in [0.3, 0.4) is 0 Å². The average Bonchev–Trinajstić information content (AvgIpc) is 2.36. The van der Waals surface area contributed by atoms with E-state index in [1.54, 1.807) is 31.3 Å². The van der Waals surface area contributed by atoms with Gasteiger partial charge in [0.1, 0.15) is 5.82 Å². The van der Waals surface area contributed by atoms with Gasteiger partial charge in [-0.25, -0.2) is 4.39 Å². The smallest absolute Gasteiger partial charge is 0.128 e. The Morgan fingerprint density at radius 1 is 1.11 bits per heavy atom. The highest BCUT2D eigenvalue weighted by atomic mass is 79.9. The van der Waals surface area contributed by atoms with Crippen molar-refractivity contribution in [2.24, 2.45) is 0 Å². The molecule has 0 saturated carbocycles. The summed E-state index contributed by atoms with van der Waals surface area (Å²) in [7, 11) is 1.80. The standard InChI is InChI=1S/C14H11Br2ClFN/c1-19-14(10-4-3-9(17)7-12(10)16)11-6-8(15)2-5-13(11)18/h2-7,14,19H,1H3. The van der Waals surface area contributed by atoms with Crippen LogP contribution in [0.25, 0.3) is 0 Å². The van der Waals surface area contributed by atoms with Crippen LogP contribution in [0, 0.1) is 5.82 Å². The summed E-state index contributed by atoms with van der Waals surface area (Å²) in [6.45, 7) is 0. The summed E-state index contributed by atoms with van der Waals surface area (Å²) in [6.07, 6.45) is 0. The molecule has 0 aliphatic heterocycles. The van der Waals surface area contributed by atoms with Crippen LogP contribution in [0.1, 0.15) is 17.2 Å². The fourth-order valence-corrected chi connectivity index (χ4v) is 3.24. The minimum Gasteiger partial charge on any atom is -0.309 e. The first-order chi connectivity index (χ1) is 9.02. The minimum atomic E-state index is -0.246. The monoisotopic (exact) mass is 405 g/mol. The van der Waals surface area contributed by atoms with Gasteiger partial charge >= 0.3 is 0 Å². The second kappa shape index (κ2) is 6.35. The maximum Gasteiger partial charge on any atom is 0.128 e. The van der Waals surface area contributed by atoms with E-state index in [2.05, 4.69) is 37.2 Å². The molecule has 100 valence electrons. The van der Waals surface area contributed by atoms with Crippen molar-refractivity contribution in [1.82, 2.24) is 5.32 Å². The molecule has 1 nitrogen and oxygen atoms in total. The Hall–Kier alpha value is -0.420. The summed E-state index contributed by atoms with van der Waals surface area (Å²) in [5.41, 5.74) is 1.52. The number of benzene rings is 2. The lowest BCUT2D eigenvalue weighted by Crippen LogP contribution is -2.19.